The molecule has 112 valence electrons. The van der Waals surface area contributed by atoms with Crippen LogP contribution in [0, 0.1) is 0 Å². The third-order valence-electron chi connectivity index (χ3n) is 2.13. The quantitative estimate of drug-likeness (QED) is 0.208. The van der Waals surface area contributed by atoms with E-state index in [9.17, 15) is 13.2 Å². The largest absolute Gasteiger partial charge is 0.493 e. The van der Waals surface area contributed by atoms with Gasteiger partial charge in [0.15, 0.2) is 24.1 Å². The van der Waals surface area contributed by atoms with Gasteiger partial charge in [-0.2, -0.15) is 13.2 Å². The minimum Gasteiger partial charge on any atom is -0.493 e. The number of benzene rings is 1. The molecule has 20 heavy (non-hydrogen) atoms. The maximum absolute atomic E-state index is 11.9. The van der Waals surface area contributed by atoms with Gasteiger partial charge in [-0.15, -0.1) is 0 Å². The molecule has 0 aliphatic carbocycles. The summed E-state index contributed by atoms with van der Waals surface area (Å²) in [6.07, 6.45) is -4.41. The zero-order chi connectivity index (χ0) is 15.2. The van der Waals surface area contributed by atoms with Crippen molar-refractivity contribution in [2.45, 2.75) is 6.18 Å². The van der Waals surface area contributed by atoms with Gasteiger partial charge in [-0.3, -0.25) is 0 Å². The second-order valence-electron chi connectivity index (χ2n) is 3.58. The number of oxime groups is 1. The maximum atomic E-state index is 11.9. The smallest absolute Gasteiger partial charge is 0.411 e. The van der Waals surface area contributed by atoms with Gasteiger partial charge in [0.2, 0.25) is 0 Å². The van der Waals surface area contributed by atoms with Gasteiger partial charge in [-0.25, -0.2) is 0 Å². The molecule has 9 heteroatoms. The Morgan fingerprint density at radius 1 is 1.35 bits per heavy atom. The maximum Gasteiger partial charge on any atom is 0.411 e. The molecule has 3 N–H and O–H groups in total. The Morgan fingerprint density at radius 2 is 2.05 bits per heavy atom. The minimum atomic E-state index is -4.41. The first-order valence-corrected chi connectivity index (χ1v) is 5.30. The fraction of sp³-hybridized carbons (Fsp3) is 0.364. The fourth-order valence-corrected chi connectivity index (χ4v) is 1.27. The first kappa shape index (κ1) is 15.9. The average Bonchev–Trinajstić information content (AvgIpc) is 2.41. The molecule has 0 saturated heterocycles. The van der Waals surface area contributed by atoms with Crippen molar-refractivity contribution in [1.29, 1.82) is 0 Å². The summed E-state index contributed by atoms with van der Waals surface area (Å²) in [4.78, 5) is 0. The first-order chi connectivity index (χ1) is 9.37. The van der Waals surface area contributed by atoms with Gasteiger partial charge in [0.25, 0.3) is 0 Å². The Balaban J connectivity index is 2.67. The molecule has 1 aromatic carbocycles. The standard InChI is InChI=1S/C11H13F3N2O4/c1-18-9-4-7(10(15)16-17)2-3-8(9)20-6-19-5-11(12,13)14/h2-4,17H,5-6H2,1H3,(H2,15,16). The van der Waals surface area contributed by atoms with E-state index in [1.165, 1.54) is 25.3 Å². The lowest BCUT2D eigenvalue weighted by Crippen LogP contribution is -2.19. The highest BCUT2D eigenvalue weighted by atomic mass is 19.4. The summed E-state index contributed by atoms with van der Waals surface area (Å²) in [6, 6.07) is 4.27. The van der Waals surface area contributed by atoms with Crippen LogP contribution in [0.4, 0.5) is 13.2 Å². The van der Waals surface area contributed by atoms with Crippen LogP contribution in [0.5, 0.6) is 11.5 Å². The fourth-order valence-electron chi connectivity index (χ4n) is 1.27. The van der Waals surface area contributed by atoms with Crippen molar-refractivity contribution in [2.24, 2.45) is 10.9 Å². The minimum absolute atomic E-state index is 0.136. The third kappa shape index (κ3) is 4.84. The van der Waals surface area contributed by atoms with E-state index in [1.807, 2.05) is 0 Å². The highest BCUT2D eigenvalue weighted by molar-refractivity contribution is 5.97. The predicted octanol–water partition coefficient (Wildman–Crippen LogP) is 1.70. The molecule has 0 radical (unpaired) electrons. The van der Waals surface area contributed by atoms with E-state index in [0.717, 1.165) is 0 Å². The van der Waals surface area contributed by atoms with Crippen molar-refractivity contribution >= 4 is 5.84 Å². The molecular formula is C11H13F3N2O4. The second-order valence-corrected chi connectivity index (χ2v) is 3.58. The molecule has 0 aliphatic rings. The highest BCUT2D eigenvalue weighted by Crippen LogP contribution is 2.28. The molecular weight excluding hydrogens is 281 g/mol. The number of nitrogens with zero attached hydrogens (tertiary/aromatic N) is 1. The molecule has 0 aromatic heterocycles. The van der Waals surface area contributed by atoms with Crippen molar-refractivity contribution in [3.63, 3.8) is 0 Å². The van der Waals surface area contributed by atoms with Crippen molar-refractivity contribution in [3.05, 3.63) is 23.8 Å². The Hall–Kier alpha value is -2.16. The number of rotatable bonds is 6. The van der Waals surface area contributed by atoms with Crippen LogP contribution < -0.4 is 15.2 Å². The van der Waals surface area contributed by atoms with Crippen LogP contribution in [0.1, 0.15) is 5.56 Å². The predicted molar refractivity (Wildman–Crippen MR) is 63.0 cm³/mol. The van der Waals surface area contributed by atoms with Crippen LogP contribution in [-0.2, 0) is 4.74 Å². The molecule has 0 saturated carbocycles. The first-order valence-electron chi connectivity index (χ1n) is 5.30. The highest BCUT2D eigenvalue weighted by Gasteiger charge is 2.27. The van der Waals surface area contributed by atoms with Gasteiger partial charge in [-0.1, -0.05) is 5.16 Å². The summed E-state index contributed by atoms with van der Waals surface area (Å²) in [6.45, 7) is -1.99. The Bertz CT molecular complexity index is 477. The van der Waals surface area contributed by atoms with Crippen LogP contribution in [0.25, 0.3) is 0 Å². The van der Waals surface area contributed by atoms with E-state index in [4.69, 9.17) is 20.4 Å². The normalized spacial score (nSPS) is 12.3. The monoisotopic (exact) mass is 294 g/mol. The van der Waals surface area contributed by atoms with E-state index < -0.39 is 19.6 Å². The van der Waals surface area contributed by atoms with Crippen LogP contribution >= 0.6 is 0 Å². The Labute approximate surface area is 112 Å². The summed E-state index contributed by atoms with van der Waals surface area (Å²) >= 11 is 0. The van der Waals surface area contributed by atoms with Gasteiger partial charge in [0, 0.05) is 5.56 Å². The summed E-state index contributed by atoms with van der Waals surface area (Å²) in [5, 5.41) is 11.3. The van der Waals surface area contributed by atoms with Gasteiger partial charge in [-0.05, 0) is 18.2 Å². The lowest BCUT2D eigenvalue weighted by Gasteiger charge is -2.12. The molecule has 0 amide bonds. The Kier molecular flexibility index (Phi) is 5.44. The summed E-state index contributed by atoms with van der Waals surface area (Å²) < 4.78 is 49.8. The third-order valence-corrected chi connectivity index (χ3v) is 2.13. The van der Waals surface area contributed by atoms with E-state index in [1.54, 1.807) is 0 Å². The van der Waals surface area contributed by atoms with Crippen LogP contribution in [0.15, 0.2) is 23.4 Å². The zero-order valence-corrected chi connectivity index (χ0v) is 10.5. The molecule has 0 fully saturated rings. The molecule has 0 atom stereocenters. The van der Waals surface area contributed by atoms with Crippen molar-refractivity contribution in [3.8, 4) is 11.5 Å². The number of halogens is 3. The van der Waals surface area contributed by atoms with Crippen molar-refractivity contribution in [1.82, 2.24) is 0 Å². The number of nitrogens with two attached hydrogens (primary N) is 1. The molecule has 0 heterocycles. The van der Waals surface area contributed by atoms with E-state index in [2.05, 4.69) is 9.89 Å². The van der Waals surface area contributed by atoms with Crippen LogP contribution in [0.3, 0.4) is 0 Å². The van der Waals surface area contributed by atoms with Gasteiger partial charge >= 0.3 is 6.18 Å². The van der Waals surface area contributed by atoms with Crippen LogP contribution in [-0.4, -0.2) is 37.7 Å². The van der Waals surface area contributed by atoms with E-state index in [-0.39, 0.29) is 17.3 Å². The second kappa shape index (κ2) is 6.85. The summed E-state index contributed by atoms with van der Waals surface area (Å²) in [7, 11) is 1.34. The number of hydrogen-bond donors (Lipinski definition) is 2. The molecule has 0 bridgehead atoms. The topological polar surface area (TPSA) is 86.3 Å². The van der Waals surface area contributed by atoms with Gasteiger partial charge < -0.3 is 25.2 Å². The molecule has 0 unspecified atom stereocenters. The number of methoxy groups -OCH3 is 1. The number of alkyl halides is 3. The van der Waals surface area contributed by atoms with Gasteiger partial charge in [0.1, 0.15) is 6.61 Å². The van der Waals surface area contributed by atoms with E-state index >= 15 is 0 Å². The SMILES string of the molecule is COc1cc(/C(N)=N/O)ccc1OCOCC(F)(F)F. The summed E-state index contributed by atoms with van der Waals surface area (Å²) in [5.41, 5.74) is 5.76. The molecule has 0 aliphatic heterocycles. The lowest BCUT2D eigenvalue weighted by molar-refractivity contribution is -0.186. The lowest BCUT2D eigenvalue weighted by atomic mass is 10.2. The number of hydrogen-bond acceptors (Lipinski definition) is 5. The zero-order valence-electron chi connectivity index (χ0n) is 10.5. The van der Waals surface area contributed by atoms with Gasteiger partial charge in [0.05, 0.1) is 7.11 Å². The molecule has 6 nitrogen and oxygen atoms in total. The van der Waals surface area contributed by atoms with Crippen LogP contribution in [0.2, 0.25) is 0 Å². The van der Waals surface area contributed by atoms with E-state index in [0.29, 0.717) is 5.56 Å². The van der Waals surface area contributed by atoms with Crippen molar-refractivity contribution < 1.29 is 32.6 Å². The molecule has 1 rings (SSSR count). The average molecular weight is 294 g/mol. The van der Waals surface area contributed by atoms with Crippen molar-refractivity contribution in [2.75, 3.05) is 20.5 Å². The number of amidine groups is 1. The molecule has 0 spiro atoms. The summed E-state index contributed by atoms with van der Waals surface area (Å²) in [5.74, 6) is 0.247. The number of ether oxygens (including phenoxy) is 3. The molecule has 1 aromatic rings. The Morgan fingerprint density at radius 3 is 2.60 bits per heavy atom.